The van der Waals surface area contributed by atoms with Crippen LogP contribution in [0.1, 0.15) is 151 Å². The second kappa shape index (κ2) is 40.5. The van der Waals surface area contributed by atoms with Crippen LogP contribution in [0, 0.1) is 83.1 Å². The van der Waals surface area contributed by atoms with Crippen LogP contribution in [0.15, 0.2) is 146 Å². The van der Waals surface area contributed by atoms with E-state index in [1.54, 1.807) is 12.4 Å². The number of hydrogen-bond donors (Lipinski definition) is 0. The van der Waals surface area contributed by atoms with Crippen molar-refractivity contribution in [3.63, 3.8) is 0 Å². The summed E-state index contributed by atoms with van der Waals surface area (Å²) in [6, 6.07) is 36.9. The van der Waals surface area contributed by atoms with Gasteiger partial charge in [-0.2, -0.15) is 10.2 Å². The number of aryl methyl sites for hydroxylation is 12. The van der Waals surface area contributed by atoms with Crippen molar-refractivity contribution in [2.24, 2.45) is 0 Å². The maximum atomic E-state index is 4.37. The van der Waals surface area contributed by atoms with Gasteiger partial charge in [-0.05, 0) is 178 Å². The van der Waals surface area contributed by atoms with Crippen molar-refractivity contribution < 1.29 is 0 Å². The van der Waals surface area contributed by atoms with E-state index in [4.69, 9.17) is 0 Å². The van der Waals surface area contributed by atoms with Crippen LogP contribution < -0.4 is 0 Å². The third-order valence-corrected chi connectivity index (χ3v) is 11.1. The molecule has 84 heavy (non-hydrogen) atoms. The Morgan fingerprint density at radius 1 is 0.202 bits per heavy atom. The molecule has 7 aromatic heterocycles. The van der Waals surface area contributed by atoms with E-state index >= 15 is 0 Å². The molecule has 12 rings (SSSR count). The Morgan fingerprint density at radius 3 is 1.11 bits per heavy atom. The van der Waals surface area contributed by atoms with Gasteiger partial charge >= 0.3 is 0 Å². The molecule has 0 N–H and O–H groups in total. The Labute approximate surface area is 503 Å². The predicted octanol–water partition coefficient (Wildman–Crippen LogP) is 19.6. The molecule has 7 heterocycles. The van der Waals surface area contributed by atoms with Gasteiger partial charge in [-0.15, -0.1) is 0 Å². The molecule has 12 nitrogen and oxygen atoms in total. The van der Waals surface area contributed by atoms with Gasteiger partial charge in [0.2, 0.25) is 0 Å². The third kappa shape index (κ3) is 25.2. The highest BCUT2D eigenvalue weighted by atomic mass is 15.1. The number of nitrogens with zero attached hydrogens (tertiary/aromatic N) is 12. The highest BCUT2D eigenvalue weighted by Crippen LogP contribution is 2.17. The summed E-state index contributed by atoms with van der Waals surface area (Å²) in [5, 5.41) is 12.6. The molecule has 0 unspecified atom stereocenters. The van der Waals surface area contributed by atoms with Crippen LogP contribution in [-0.4, -0.2) is 60.0 Å². The van der Waals surface area contributed by atoms with E-state index in [9.17, 15) is 0 Å². The van der Waals surface area contributed by atoms with Gasteiger partial charge in [0.1, 0.15) is 11.6 Å². The number of fused-ring (bicyclic) bond motifs is 6. The lowest BCUT2D eigenvalue weighted by atomic mass is 10.1. The molecule has 5 aromatic carbocycles. The Kier molecular flexibility index (Phi) is 35.4. The number of aromatic nitrogens is 12. The zero-order valence-electron chi connectivity index (χ0n) is 55.2. The Morgan fingerprint density at radius 2 is 0.583 bits per heavy atom. The van der Waals surface area contributed by atoms with Gasteiger partial charge in [0.05, 0.1) is 61.2 Å². The predicted molar refractivity (Wildman–Crippen MR) is 362 cm³/mol. The molecule has 0 saturated heterocycles. The maximum Gasteiger partial charge on any atom is 0.125 e. The fourth-order valence-corrected chi connectivity index (χ4v) is 7.40. The molecule has 0 fully saturated rings. The van der Waals surface area contributed by atoms with E-state index in [-0.39, 0.29) is 0 Å². The van der Waals surface area contributed by atoms with Gasteiger partial charge < -0.3 is 0 Å². The molecule has 0 spiro atoms. The summed E-state index contributed by atoms with van der Waals surface area (Å²) in [6.45, 7) is 48.0. The van der Waals surface area contributed by atoms with Gasteiger partial charge in [-0.1, -0.05) is 131 Å². The summed E-state index contributed by atoms with van der Waals surface area (Å²) >= 11 is 0. The smallest absolute Gasteiger partial charge is 0.125 e. The SMILES string of the molecule is CC.CC.CC.CC.CC.CC.Cc1ccc2cnc(C)nc2c1.Cc1ccc2nc(C)ncc2c1.Cc1ccc2ncc(C)nc2c1.Cc1ccc2ncc(C)nc2c1.Cc1ccc2nnc(C)cc2c1.Cc1cnc2cc(C)ncc2c1. The average molecular weight is 1130 g/mol. The first-order valence-corrected chi connectivity index (χ1v) is 29.7. The lowest BCUT2D eigenvalue weighted by molar-refractivity contribution is 1.02. The lowest BCUT2D eigenvalue weighted by Gasteiger charge is -1.98. The Bertz CT molecular complexity index is 3170. The largest absolute Gasteiger partial charge is 0.261 e. The van der Waals surface area contributed by atoms with Crippen molar-refractivity contribution in [2.75, 3.05) is 0 Å². The monoisotopic (exact) mass is 1130 g/mol. The molecule has 0 saturated carbocycles. The van der Waals surface area contributed by atoms with E-state index in [1.165, 1.54) is 38.8 Å². The molecule has 0 atom stereocenters. The van der Waals surface area contributed by atoms with Crippen LogP contribution in [-0.2, 0) is 0 Å². The van der Waals surface area contributed by atoms with E-state index in [0.29, 0.717) is 0 Å². The maximum absolute atomic E-state index is 4.37. The quantitative estimate of drug-likeness (QED) is 0.142. The van der Waals surface area contributed by atoms with Crippen LogP contribution in [0.5, 0.6) is 0 Å². The molecular weight excluding hydrogens is 1030 g/mol. The van der Waals surface area contributed by atoms with Crippen LogP contribution in [0.25, 0.3) is 65.7 Å². The summed E-state index contributed by atoms with van der Waals surface area (Å²) in [4.78, 5) is 42.7. The minimum atomic E-state index is 0.825. The zero-order valence-corrected chi connectivity index (χ0v) is 55.2. The number of hydrogen-bond acceptors (Lipinski definition) is 12. The molecule has 0 aliphatic carbocycles. The van der Waals surface area contributed by atoms with Crippen molar-refractivity contribution in [3.05, 3.63) is 214 Å². The molecule has 0 aliphatic heterocycles. The Hall–Kier alpha value is -8.64. The van der Waals surface area contributed by atoms with Gasteiger partial charge in [-0.3, -0.25) is 19.9 Å². The topological polar surface area (TPSA) is 155 Å². The number of pyridine rings is 2. The Balaban J connectivity index is 0.000000486. The van der Waals surface area contributed by atoms with Crippen molar-refractivity contribution >= 4 is 65.7 Å². The normalized spacial score (nSPS) is 9.43. The highest BCUT2D eigenvalue weighted by Gasteiger charge is 2.00. The van der Waals surface area contributed by atoms with Crippen molar-refractivity contribution in [2.45, 2.75) is 166 Å². The second-order valence-corrected chi connectivity index (χ2v) is 18.0. The van der Waals surface area contributed by atoms with Crippen molar-refractivity contribution in [3.8, 4) is 0 Å². The molecule has 444 valence electrons. The molecule has 12 heteroatoms. The molecular formula is C72H96N12. The van der Waals surface area contributed by atoms with E-state index in [1.807, 2.05) is 211 Å². The van der Waals surface area contributed by atoms with E-state index in [0.717, 1.165) is 94.7 Å². The average Bonchev–Trinajstić information content (AvgIpc) is 3.56. The minimum Gasteiger partial charge on any atom is -0.261 e. The first kappa shape index (κ1) is 73.4. The zero-order chi connectivity index (χ0) is 63.3. The first-order valence-electron chi connectivity index (χ1n) is 29.7. The first-order chi connectivity index (χ1) is 40.5. The third-order valence-electron chi connectivity index (χ3n) is 11.1. The van der Waals surface area contributed by atoms with Crippen molar-refractivity contribution in [1.29, 1.82) is 0 Å². The molecule has 0 bridgehead atoms. The highest BCUT2D eigenvalue weighted by molar-refractivity contribution is 5.81. The molecule has 0 aliphatic rings. The second-order valence-electron chi connectivity index (χ2n) is 18.0. The summed E-state index contributed by atoms with van der Waals surface area (Å²) in [5.41, 5.74) is 19.2. The fraction of sp³-hybridized carbons (Fsp3) is 0.333. The van der Waals surface area contributed by atoms with Crippen LogP contribution in [0.2, 0.25) is 0 Å². The standard InChI is InChI=1S/6C10H10N2.6C2H6/c1-7-3-9-6-11-8(2)4-10(9)12-5-7;1-7-3-4-10-9(5-7)6-11-8(2)12-10;1-7-3-4-9-6-11-8(2)12-10(9)5-7;1-7-3-4-10-9(5-7)6-8(2)11-12-10;2*1-7-3-4-9-10(5-7)12-8(2)6-11-9;6*1-2/h6*3-6H,1-2H3;6*1-2H3. The van der Waals surface area contributed by atoms with E-state index in [2.05, 4.69) is 149 Å². The van der Waals surface area contributed by atoms with Gasteiger partial charge in [0.25, 0.3) is 0 Å². The molecule has 0 radical (unpaired) electrons. The summed E-state index contributed by atoms with van der Waals surface area (Å²) in [7, 11) is 0. The van der Waals surface area contributed by atoms with Gasteiger partial charge in [0.15, 0.2) is 0 Å². The fourth-order valence-electron chi connectivity index (χ4n) is 7.40. The van der Waals surface area contributed by atoms with Crippen LogP contribution in [0.4, 0.5) is 0 Å². The summed E-state index contributed by atoms with van der Waals surface area (Å²) in [6.07, 6.45) is 11.0. The number of rotatable bonds is 0. The van der Waals surface area contributed by atoms with Gasteiger partial charge in [-0.25, -0.2) is 29.9 Å². The van der Waals surface area contributed by atoms with Crippen molar-refractivity contribution in [1.82, 2.24) is 60.0 Å². The molecule has 0 amide bonds. The number of benzene rings is 5. The minimum absolute atomic E-state index is 0.825. The van der Waals surface area contributed by atoms with Crippen LogP contribution >= 0.6 is 0 Å². The van der Waals surface area contributed by atoms with Crippen LogP contribution in [0.3, 0.4) is 0 Å². The molecule has 12 aromatic rings. The van der Waals surface area contributed by atoms with E-state index < -0.39 is 0 Å². The summed E-state index contributed by atoms with van der Waals surface area (Å²) < 4.78 is 0. The summed E-state index contributed by atoms with van der Waals surface area (Å²) in [5.74, 6) is 1.65. The van der Waals surface area contributed by atoms with Gasteiger partial charge in [0, 0.05) is 64.4 Å². The lowest BCUT2D eigenvalue weighted by Crippen LogP contribution is -1.87.